The standard InChI is InChI=1S/C16H8Br2N2/c17-9-5-6-13-14(7-9)20-16-11-4-2-1-3-10(11)12(18)8-15(16)19-13/h1-8H. The van der Waals surface area contributed by atoms with Crippen LogP contribution in [0.2, 0.25) is 0 Å². The molecule has 4 rings (SSSR count). The lowest BCUT2D eigenvalue weighted by Gasteiger charge is -2.07. The summed E-state index contributed by atoms with van der Waals surface area (Å²) in [5.41, 5.74) is 3.65. The topological polar surface area (TPSA) is 25.8 Å². The van der Waals surface area contributed by atoms with Gasteiger partial charge in [-0.25, -0.2) is 9.97 Å². The van der Waals surface area contributed by atoms with Crippen LogP contribution in [0, 0.1) is 0 Å². The number of hydrogen-bond donors (Lipinski definition) is 0. The van der Waals surface area contributed by atoms with E-state index in [-0.39, 0.29) is 0 Å². The van der Waals surface area contributed by atoms with E-state index in [9.17, 15) is 0 Å². The van der Waals surface area contributed by atoms with E-state index in [2.05, 4.69) is 44.0 Å². The van der Waals surface area contributed by atoms with Crippen LogP contribution in [-0.2, 0) is 0 Å². The number of nitrogens with zero attached hydrogens (tertiary/aromatic N) is 2. The molecule has 0 fully saturated rings. The van der Waals surface area contributed by atoms with Gasteiger partial charge in [0.2, 0.25) is 0 Å². The quantitative estimate of drug-likeness (QED) is 0.295. The molecule has 0 atom stereocenters. The molecule has 20 heavy (non-hydrogen) atoms. The molecular formula is C16H8Br2N2. The average Bonchev–Trinajstić information content (AvgIpc) is 2.46. The fourth-order valence-electron chi connectivity index (χ4n) is 2.44. The van der Waals surface area contributed by atoms with Crippen molar-refractivity contribution in [2.45, 2.75) is 0 Å². The summed E-state index contributed by atoms with van der Waals surface area (Å²) in [5, 5.41) is 2.27. The monoisotopic (exact) mass is 386 g/mol. The van der Waals surface area contributed by atoms with Gasteiger partial charge in [-0.1, -0.05) is 56.1 Å². The molecule has 1 heterocycles. The van der Waals surface area contributed by atoms with Gasteiger partial charge in [-0.2, -0.15) is 0 Å². The Morgan fingerprint density at radius 1 is 0.700 bits per heavy atom. The second-order valence-corrected chi connectivity index (χ2v) is 6.40. The Balaban J connectivity index is 2.25. The van der Waals surface area contributed by atoms with E-state index in [1.807, 2.05) is 36.4 Å². The van der Waals surface area contributed by atoms with Gasteiger partial charge in [-0.05, 0) is 29.7 Å². The van der Waals surface area contributed by atoms with E-state index in [0.717, 1.165) is 41.8 Å². The molecule has 96 valence electrons. The summed E-state index contributed by atoms with van der Waals surface area (Å²) < 4.78 is 2.06. The second-order valence-electron chi connectivity index (χ2n) is 4.63. The minimum absolute atomic E-state index is 0.902. The molecule has 2 nitrogen and oxygen atoms in total. The molecule has 0 spiro atoms. The molecule has 0 bridgehead atoms. The third-order valence-electron chi connectivity index (χ3n) is 3.36. The van der Waals surface area contributed by atoms with Crippen molar-refractivity contribution in [2.24, 2.45) is 0 Å². The lowest BCUT2D eigenvalue weighted by molar-refractivity contribution is 1.40. The van der Waals surface area contributed by atoms with Crippen LogP contribution in [0.25, 0.3) is 32.8 Å². The first kappa shape index (κ1) is 12.2. The Hall–Kier alpha value is -1.52. The summed E-state index contributed by atoms with van der Waals surface area (Å²) >= 11 is 7.10. The van der Waals surface area contributed by atoms with Gasteiger partial charge in [0.25, 0.3) is 0 Å². The highest BCUT2D eigenvalue weighted by Crippen LogP contribution is 2.31. The molecule has 0 saturated carbocycles. The molecular weight excluding hydrogens is 380 g/mol. The largest absolute Gasteiger partial charge is 0.244 e. The number of rotatable bonds is 0. The molecule has 0 saturated heterocycles. The van der Waals surface area contributed by atoms with Crippen LogP contribution < -0.4 is 0 Å². The zero-order valence-electron chi connectivity index (χ0n) is 10.3. The summed E-state index contributed by atoms with van der Waals surface area (Å²) in [4.78, 5) is 9.51. The number of benzene rings is 3. The van der Waals surface area contributed by atoms with E-state index in [4.69, 9.17) is 9.97 Å². The molecule has 3 aromatic carbocycles. The summed E-state index contributed by atoms with van der Waals surface area (Å²) in [6, 6.07) is 16.2. The molecule has 0 unspecified atom stereocenters. The number of hydrogen-bond acceptors (Lipinski definition) is 2. The fraction of sp³-hybridized carbons (Fsp3) is 0. The summed E-state index contributed by atoms with van der Waals surface area (Å²) in [6.07, 6.45) is 0. The van der Waals surface area contributed by atoms with Crippen molar-refractivity contribution in [1.82, 2.24) is 9.97 Å². The first-order chi connectivity index (χ1) is 9.72. The smallest absolute Gasteiger partial charge is 0.0973 e. The van der Waals surface area contributed by atoms with Gasteiger partial charge in [-0.15, -0.1) is 0 Å². The highest BCUT2D eigenvalue weighted by atomic mass is 79.9. The van der Waals surface area contributed by atoms with Crippen molar-refractivity contribution in [2.75, 3.05) is 0 Å². The lowest BCUT2D eigenvalue weighted by atomic mass is 10.1. The van der Waals surface area contributed by atoms with E-state index in [1.165, 1.54) is 0 Å². The Morgan fingerprint density at radius 3 is 2.35 bits per heavy atom. The second kappa shape index (κ2) is 4.50. The molecule has 1 aromatic heterocycles. The van der Waals surface area contributed by atoms with Crippen LogP contribution in [0.1, 0.15) is 0 Å². The molecule has 0 amide bonds. The number of aromatic nitrogens is 2. The Labute approximate surface area is 132 Å². The number of halogens is 2. The predicted molar refractivity (Wildman–Crippen MR) is 90.0 cm³/mol. The maximum atomic E-state index is 4.79. The van der Waals surface area contributed by atoms with Crippen molar-refractivity contribution in [3.8, 4) is 0 Å². The third kappa shape index (κ3) is 1.83. The molecule has 4 heteroatoms. The van der Waals surface area contributed by atoms with Gasteiger partial charge >= 0.3 is 0 Å². The van der Waals surface area contributed by atoms with Crippen LogP contribution in [0.4, 0.5) is 0 Å². The summed E-state index contributed by atoms with van der Waals surface area (Å²) in [5.74, 6) is 0. The van der Waals surface area contributed by atoms with E-state index >= 15 is 0 Å². The summed E-state index contributed by atoms with van der Waals surface area (Å²) in [7, 11) is 0. The maximum absolute atomic E-state index is 4.79. The Bertz CT molecular complexity index is 980. The Morgan fingerprint density at radius 2 is 1.50 bits per heavy atom. The van der Waals surface area contributed by atoms with Crippen molar-refractivity contribution >= 4 is 64.7 Å². The van der Waals surface area contributed by atoms with Gasteiger partial charge in [-0.3, -0.25) is 0 Å². The normalized spacial score (nSPS) is 11.5. The van der Waals surface area contributed by atoms with Gasteiger partial charge in [0.15, 0.2) is 0 Å². The van der Waals surface area contributed by atoms with Crippen LogP contribution in [0.15, 0.2) is 57.5 Å². The average molecular weight is 388 g/mol. The molecule has 0 aliphatic rings. The van der Waals surface area contributed by atoms with Gasteiger partial charge in [0.05, 0.1) is 22.1 Å². The molecule has 0 aliphatic heterocycles. The third-order valence-corrected chi connectivity index (χ3v) is 4.51. The molecule has 0 aliphatic carbocycles. The predicted octanol–water partition coefficient (Wildman–Crippen LogP) is 5.46. The van der Waals surface area contributed by atoms with E-state index in [1.54, 1.807) is 0 Å². The van der Waals surface area contributed by atoms with Crippen molar-refractivity contribution in [3.63, 3.8) is 0 Å². The van der Waals surface area contributed by atoms with Gasteiger partial charge in [0.1, 0.15) is 0 Å². The fourth-order valence-corrected chi connectivity index (χ4v) is 3.35. The van der Waals surface area contributed by atoms with Crippen LogP contribution in [0.5, 0.6) is 0 Å². The minimum atomic E-state index is 0.902. The van der Waals surface area contributed by atoms with Crippen molar-refractivity contribution < 1.29 is 0 Å². The van der Waals surface area contributed by atoms with E-state index < -0.39 is 0 Å². The Kier molecular flexibility index (Phi) is 2.75. The highest BCUT2D eigenvalue weighted by Gasteiger charge is 2.08. The molecule has 4 aromatic rings. The minimum Gasteiger partial charge on any atom is -0.244 e. The first-order valence-corrected chi connectivity index (χ1v) is 7.75. The van der Waals surface area contributed by atoms with Crippen molar-refractivity contribution in [1.29, 1.82) is 0 Å². The van der Waals surface area contributed by atoms with Gasteiger partial charge in [0, 0.05) is 14.3 Å². The van der Waals surface area contributed by atoms with Crippen LogP contribution in [0.3, 0.4) is 0 Å². The molecule has 0 N–H and O–H groups in total. The van der Waals surface area contributed by atoms with Crippen LogP contribution in [-0.4, -0.2) is 9.97 Å². The zero-order valence-corrected chi connectivity index (χ0v) is 13.4. The van der Waals surface area contributed by atoms with E-state index in [0.29, 0.717) is 0 Å². The van der Waals surface area contributed by atoms with Crippen molar-refractivity contribution in [3.05, 3.63) is 57.5 Å². The maximum Gasteiger partial charge on any atom is 0.0973 e. The molecule has 0 radical (unpaired) electrons. The highest BCUT2D eigenvalue weighted by molar-refractivity contribution is 9.11. The first-order valence-electron chi connectivity index (χ1n) is 6.17. The number of fused-ring (bicyclic) bond motifs is 4. The van der Waals surface area contributed by atoms with Gasteiger partial charge < -0.3 is 0 Å². The van der Waals surface area contributed by atoms with Crippen LogP contribution >= 0.6 is 31.9 Å². The summed E-state index contributed by atoms with van der Waals surface area (Å²) in [6.45, 7) is 0. The lowest BCUT2D eigenvalue weighted by Crippen LogP contribution is -1.89. The zero-order chi connectivity index (χ0) is 13.7. The SMILES string of the molecule is Brc1ccc2nc3cc(Br)c4ccccc4c3nc2c1.